The highest BCUT2D eigenvalue weighted by Crippen LogP contribution is 2.09. The molecule has 3 heteroatoms. The monoisotopic (exact) mass is 213 g/mol. The van der Waals surface area contributed by atoms with Crippen molar-refractivity contribution in [3.05, 3.63) is 59.7 Å². The van der Waals surface area contributed by atoms with Gasteiger partial charge in [-0.25, -0.2) is 0 Å². The van der Waals surface area contributed by atoms with Crippen LogP contribution in [0.2, 0.25) is 0 Å². The highest BCUT2D eigenvalue weighted by molar-refractivity contribution is 5.21. The van der Waals surface area contributed by atoms with Crippen molar-refractivity contribution in [1.29, 1.82) is 0 Å². The molecule has 0 aliphatic rings. The van der Waals surface area contributed by atoms with Gasteiger partial charge in [0.05, 0.1) is 5.69 Å². The minimum atomic E-state index is 0.503. The third-order valence-electron chi connectivity index (χ3n) is 2.58. The Morgan fingerprint density at radius 3 is 2.69 bits per heavy atom. The van der Waals surface area contributed by atoms with E-state index in [0.717, 1.165) is 18.5 Å². The Morgan fingerprint density at radius 1 is 1.06 bits per heavy atom. The van der Waals surface area contributed by atoms with E-state index in [2.05, 4.69) is 22.1 Å². The van der Waals surface area contributed by atoms with Gasteiger partial charge in [-0.15, -0.1) is 0 Å². The Balaban J connectivity index is 2.05. The van der Waals surface area contributed by atoms with E-state index < -0.39 is 0 Å². The van der Waals surface area contributed by atoms with E-state index in [1.165, 1.54) is 11.1 Å². The molecule has 0 aliphatic carbocycles. The summed E-state index contributed by atoms with van der Waals surface area (Å²) < 4.78 is 0. The maximum atomic E-state index is 5.64. The average molecular weight is 213 g/mol. The standard InChI is InChI=1S/C13H15N3/c14-9-13-12(4-2-8-16-13)6-5-11-3-1-7-15-10-11/h1-4,7-8,10H,5-6,9,14H2. The second-order valence-electron chi connectivity index (χ2n) is 3.67. The molecule has 3 nitrogen and oxygen atoms in total. The summed E-state index contributed by atoms with van der Waals surface area (Å²) in [5.41, 5.74) is 9.11. The van der Waals surface area contributed by atoms with E-state index in [9.17, 15) is 0 Å². The molecule has 82 valence electrons. The van der Waals surface area contributed by atoms with Gasteiger partial charge in [-0.1, -0.05) is 12.1 Å². The van der Waals surface area contributed by atoms with Crippen LogP contribution < -0.4 is 5.73 Å². The summed E-state index contributed by atoms with van der Waals surface area (Å²) in [6.45, 7) is 0.503. The molecule has 0 saturated heterocycles. The van der Waals surface area contributed by atoms with Gasteiger partial charge in [0.2, 0.25) is 0 Å². The predicted octanol–water partition coefficient (Wildman–Crippen LogP) is 1.72. The summed E-state index contributed by atoms with van der Waals surface area (Å²) in [6, 6.07) is 8.09. The largest absolute Gasteiger partial charge is 0.325 e. The van der Waals surface area contributed by atoms with Gasteiger partial charge in [0.1, 0.15) is 0 Å². The second kappa shape index (κ2) is 5.37. The molecule has 0 saturated carbocycles. The number of nitrogens with two attached hydrogens (primary N) is 1. The van der Waals surface area contributed by atoms with E-state index >= 15 is 0 Å². The van der Waals surface area contributed by atoms with Gasteiger partial charge < -0.3 is 5.73 Å². The van der Waals surface area contributed by atoms with Crippen molar-refractivity contribution in [3.8, 4) is 0 Å². The van der Waals surface area contributed by atoms with Crippen molar-refractivity contribution in [1.82, 2.24) is 9.97 Å². The van der Waals surface area contributed by atoms with Crippen LogP contribution in [0.25, 0.3) is 0 Å². The number of hydrogen-bond donors (Lipinski definition) is 1. The number of hydrogen-bond acceptors (Lipinski definition) is 3. The van der Waals surface area contributed by atoms with E-state index in [0.29, 0.717) is 6.54 Å². The Bertz CT molecular complexity index is 440. The molecule has 0 aromatic carbocycles. The normalized spacial score (nSPS) is 10.3. The lowest BCUT2D eigenvalue weighted by Crippen LogP contribution is -2.05. The molecular weight excluding hydrogens is 198 g/mol. The molecule has 0 radical (unpaired) electrons. The molecule has 2 aromatic heterocycles. The highest BCUT2D eigenvalue weighted by Gasteiger charge is 2.01. The number of rotatable bonds is 4. The minimum absolute atomic E-state index is 0.503. The number of aryl methyl sites for hydroxylation is 2. The number of nitrogens with zero attached hydrogens (tertiary/aromatic N) is 2. The first kappa shape index (κ1) is 10.8. The molecule has 16 heavy (non-hydrogen) atoms. The second-order valence-corrected chi connectivity index (χ2v) is 3.67. The van der Waals surface area contributed by atoms with Crippen LogP contribution in [0.15, 0.2) is 42.9 Å². The number of pyridine rings is 2. The molecule has 0 spiro atoms. The van der Waals surface area contributed by atoms with Crippen molar-refractivity contribution in [2.24, 2.45) is 5.73 Å². The first-order chi connectivity index (χ1) is 7.90. The lowest BCUT2D eigenvalue weighted by molar-refractivity contribution is 0.883. The van der Waals surface area contributed by atoms with Crippen LogP contribution in [0.4, 0.5) is 0 Å². The van der Waals surface area contributed by atoms with E-state index in [-0.39, 0.29) is 0 Å². The average Bonchev–Trinajstić information content (AvgIpc) is 2.38. The Labute approximate surface area is 95.4 Å². The number of aromatic nitrogens is 2. The summed E-state index contributed by atoms with van der Waals surface area (Å²) in [5.74, 6) is 0. The van der Waals surface area contributed by atoms with Gasteiger partial charge in [-0.05, 0) is 36.1 Å². The SMILES string of the molecule is NCc1ncccc1CCc1cccnc1. The van der Waals surface area contributed by atoms with E-state index in [1.807, 2.05) is 18.3 Å². The Morgan fingerprint density at radius 2 is 1.94 bits per heavy atom. The molecule has 2 N–H and O–H groups in total. The third kappa shape index (κ3) is 2.64. The fourth-order valence-electron chi connectivity index (χ4n) is 1.71. The summed E-state index contributed by atoms with van der Waals surface area (Å²) in [4.78, 5) is 8.37. The fourth-order valence-corrected chi connectivity index (χ4v) is 1.71. The lowest BCUT2D eigenvalue weighted by Gasteiger charge is -2.06. The quantitative estimate of drug-likeness (QED) is 0.841. The zero-order valence-electron chi connectivity index (χ0n) is 9.13. The molecule has 0 atom stereocenters. The summed E-state index contributed by atoms with van der Waals surface area (Å²) >= 11 is 0. The van der Waals surface area contributed by atoms with Gasteiger partial charge in [0.15, 0.2) is 0 Å². The van der Waals surface area contributed by atoms with Gasteiger partial charge in [0.25, 0.3) is 0 Å². The maximum Gasteiger partial charge on any atom is 0.0571 e. The van der Waals surface area contributed by atoms with Crippen molar-refractivity contribution >= 4 is 0 Å². The molecule has 0 unspecified atom stereocenters. The van der Waals surface area contributed by atoms with Crippen molar-refractivity contribution in [2.75, 3.05) is 0 Å². The van der Waals surface area contributed by atoms with Crippen LogP contribution in [0.1, 0.15) is 16.8 Å². The van der Waals surface area contributed by atoms with Crippen LogP contribution in [0.5, 0.6) is 0 Å². The predicted molar refractivity (Wildman–Crippen MR) is 63.8 cm³/mol. The molecule has 0 fully saturated rings. The van der Waals surface area contributed by atoms with Crippen LogP contribution in [0, 0.1) is 0 Å². The first-order valence-corrected chi connectivity index (χ1v) is 5.42. The zero-order chi connectivity index (χ0) is 11.2. The smallest absolute Gasteiger partial charge is 0.0571 e. The van der Waals surface area contributed by atoms with Gasteiger partial charge in [-0.3, -0.25) is 9.97 Å². The van der Waals surface area contributed by atoms with Gasteiger partial charge in [0, 0.05) is 25.1 Å². The molecule has 2 aromatic rings. The topological polar surface area (TPSA) is 51.8 Å². The van der Waals surface area contributed by atoms with Crippen molar-refractivity contribution in [3.63, 3.8) is 0 Å². The first-order valence-electron chi connectivity index (χ1n) is 5.42. The molecule has 0 bridgehead atoms. The molecular formula is C13H15N3. The van der Waals surface area contributed by atoms with E-state index in [1.54, 1.807) is 12.4 Å². The van der Waals surface area contributed by atoms with Crippen LogP contribution in [-0.4, -0.2) is 9.97 Å². The molecule has 2 heterocycles. The van der Waals surface area contributed by atoms with Crippen molar-refractivity contribution in [2.45, 2.75) is 19.4 Å². The fraction of sp³-hybridized carbons (Fsp3) is 0.231. The van der Waals surface area contributed by atoms with Gasteiger partial charge in [-0.2, -0.15) is 0 Å². The van der Waals surface area contributed by atoms with Crippen LogP contribution in [-0.2, 0) is 19.4 Å². The van der Waals surface area contributed by atoms with Gasteiger partial charge >= 0.3 is 0 Å². The highest BCUT2D eigenvalue weighted by atomic mass is 14.7. The minimum Gasteiger partial charge on any atom is -0.325 e. The van der Waals surface area contributed by atoms with Crippen LogP contribution >= 0.6 is 0 Å². The summed E-state index contributed by atoms with van der Waals surface area (Å²) in [6.07, 6.45) is 7.42. The zero-order valence-corrected chi connectivity index (χ0v) is 9.13. The Kier molecular flexibility index (Phi) is 3.62. The van der Waals surface area contributed by atoms with E-state index in [4.69, 9.17) is 5.73 Å². The third-order valence-corrected chi connectivity index (χ3v) is 2.58. The van der Waals surface area contributed by atoms with Crippen molar-refractivity contribution < 1.29 is 0 Å². The summed E-state index contributed by atoms with van der Waals surface area (Å²) in [5, 5.41) is 0. The summed E-state index contributed by atoms with van der Waals surface area (Å²) in [7, 11) is 0. The van der Waals surface area contributed by atoms with Crippen LogP contribution in [0.3, 0.4) is 0 Å². The molecule has 2 rings (SSSR count). The molecule has 0 aliphatic heterocycles. The Hall–Kier alpha value is -1.74. The molecule has 0 amide bonds. The maximum absolute atomic E-state index is 5.64. The lowest BCUT2D eigenvalue weighted by atomic mass is 10.0.